The SMILES string of the molecule is CCn1nc(C)c(C(C)Nc2cccc(Cl)n2)c1C. The molecule has 2 rings (SSSR count). The second-order valence-electron chi connectivity index (χ2n) is 4.61. The molecule has 1 unspecified atom stereocenters. The van der Waals surface area contributed by atoms with Crippen LogP contribution in [0.25, 0.3) is 0 Å². The van der Waals surface area contributed by atoms with Gasteiger partial charge in [0.15, 0.2) is 0 Å². The normalized spacial score (nSPS) is 12.5. The van der Waals surface area contributed by atoms with Crippen LogP contribution in [0.4, 0.5) is 5.82 Å². The van der Waals surface area contributed by atoms with Gasteiger partial charge in [0.1, 0.15) is 11.0 Å². The van der Waals surface area contributed by atoms with E-state index in [-0.39, 0.29) is 6.04 Å². The molecule has 5 heteroatoms. The third-order valence-corrected chi connectivity index (χ3v) is 3.46. The molecule has 0 saturated heterocycles. The van der Waals surface area contributed by atoms with Crippen molar-refractivity contribution < 1.29 is 0 Å². The summed E-state index contributed by atoms with van der Waals surface area (Å²) in [5.74, 6) is 0.781. The fourth-order valence-electron chi connectivity index (χ4n) is 2.43. The molecule has 0 aromatic carbocycles. The Hall–Kier alpha value is -1.55. The Morgan fingerprint density at radius 3 is 2.68 bits per heavy atom. The summed E-state index contributed by atoms with van der Waals surface area (Å²) in [5.41, 5.74) is 3.48. The van der Waals surface area contributed by atoms with E-state index in [9.17, 15) is 0 Å². The minimum Gasteiger partial charge on any atom is -0.363 e. The van der Waals surface area contributed by atoms with Gasteiger partial charge in [-0.3, -0.25) is 4.68 Å². The molecule has 1 N–H and O–H groups in total. The molecule has 0 radical (unpaired) electrons. The number of aromatic nitrogens is 3. The van der Waals surface area contributed by atoms with Crippen LogP contribution in [-0.4, -0.2) is 14.8 Å². The minimum absolute atomic E-state index is 0.145. The average Bonchev–Trinajstić information content (AvgIpc) is 2.64. The number of hydrogen-bond donors (Lipinski definition) is 1. The molecule has 0 aliphatic carbocycles. The van der Waals surface area contributed by atoms with Gasteiger partial charge in [-0.2, -0.15) is 5.10 Å². The lowest BCUT2D eigenvalue weighted by Gasteiger charge is -2.15. The molecule has 0 bridgehead atoms. The van der Waals surface area contributed by atoms with Gasteiger partial charge < -0.3 is 5.32 Å². The van der Waals surface area contributed by atoms with Crippen molar-refractivity contribution in [2.45, 2.75) is 40.3 Å². The molecule has 102 valence electrons. The van der Waals surface area contributed by atoms with E-state index in [1.807, 2.05) is 23.7 Å². The summed E-state index contributed by atoms with van der Waals surface area (Å²) in [4.78, 5) is 4.25. The second-order valence-corrected chi connectivity index (χ2v) is 5.00. The largest absolute Gasteiger partial charge is 0.363 e. The minimum atomic E-state index is 0.145. The molecular weight excluding hydrogens is 260 g/mol. The summed E-state index contributed by atoms with van der Waals surface area (Å²) in [7, 11) is 0. The maximum absolute atomic E-state index is 5.90. The van der Waals surface area contributed by atoms with Gasteiger partial charge in [-0.15, -0.1) is 0 Å². The first kappa shape index (κ1) is 13.9. The number of pyridine rings is 1. The van der Waals surface area contributed by atoms with Gasteiger partial charge in [0.05, 0.1) is 11.7 Å². The van der Waals surface area contributed by atoms with Gasteiger partial charge in [0.25, 0.3) is 0 Å². The van der Waals surface area contributed by atoms with Crippen LogP contribution in [0.3, 0.4) is 0 Å². The van der Waals surface area contributed by atoms with E-state index in [2.05, 4.69) is 36.2 Å². The number of nitrogens with zero attached hydrogens (tertiary/aromatic N) is 3. The molecule has 0 spiro atoms. The first-order valence-corrected chi connectivity index (χ1v) is 6.83. The van der Waals surface area contributed by atoms with Crippen LogP contribution in [0.1, 0.15) is 36.8 Å². The van der Waals surface area contributed by atoms with Crippen molar-refractivity contribution in [3.8, 4) is 0 Å². The summed E-state index contributed by atoms with van der Waals surface area (Å²) >= 11 is 5.90. The monoisotopic (exact) mass is 278 g/mol. The van der Waals surface area contributed by atoms with Gasteiger partial charge in [0.2, 0.25) is 0 Å². The van der Waals surface area contributed by atoms with Gasteiger partial charge >= 0.3 is 0 Å². The Kier molecular flexibility index (Phi) is 4.10. The van der Waals surface area contributed by atoms with Crippen LogP contribution in [0.15, 0.2) is 18.2 Å². The Morgan fingerprint density at radius 2 is 2.11 bits per heavy atom. The van der Waals surface area contributed by atoms with Crippen LogP contribution in [0, 0.1) is 13.8 Å². The van der Waals surface area contributed by atoms with E-state index in [1.165, 1.54) is 11.3 Å². The number of halogens is 1. The van der Waals surface area contributed by atoms with E-state index >= 15 is 0 Å². The van der Waals surface area contributed by atoms with E-state index in [0.29, 0.717) is 5.15 Å². The van der Waals surface area contributed by atoms with Gasteiger partial charge in [-0.1, -0.05) is 17.7 Å². The van der Waals surface area contributed by atoms with Crippen LogP contribution in [-0.2, 0) is 6.54 Å². The highest BCUT2D eigenvalue weighted by Crippen LogP contribution is 2.24. The third-order valence-electron chi connectivity index (χ3n) is 3.25. The second kappa shape index (κ2) is 5.61. The Bertz CT molecular complexity index is 577. The number of hydrogen-bond acceptors (Lipinski definition) is 3. The maximum Gasteiger partial charge on any atom is 0.131 e. The van der Waals surface area contributed by atoms with Crippen molar-refractivity contribution in [1.29, 1.82) is 0 Å². The molecular formula is C14H19ClN4. The molecule has 2 aromatic rings. The lowest BCUT2D eigenvalue weighted by molar-refractivity contribution is 0.632. The van der Waals surface area contributed by atoms with Crippen LogP contribution >= 0.6 is 11.6 Å². The lowest BCUT2D eigenvalue weighted by atomic mass is 10.1. The predicted molar refractivity (Wildman–Crippen MR) is 78.7 cm³/mol. The lowest BCUT2D eigenvalue weighted by Crippen LogP contribution is -2.10. The van der Waals surface area contributed by atoms with Crippen molar-refractivity contribution in [2.75, 3.05) is 5.32 Å². The van der Waals surface area contributed by atoms with E-state index in [0.717, 1.165) is 18.1 Å². The van der Waals surface area contributed by atoms with Crippen LogP contribution in [0.2, 0.25) is 5.15 Å². The van der Waals surface area contributed by atoms with Gasteiger partial charge in [-0.05, 0) is 39.8 Å². The van der Waals surface area contributed by atoms with E-state index < -0.39 is 0 Å². The van der Waals surface area contributed by atoms with Crippen molar-refractivity contribution in [1.82, 2.24) is 14.8 Å². The van der Waals surface area contributed by atoms with Gasteiger partial charge in [-0.25, -0.2) is 4.98 Å². The van der Waals surface area contributed by atoms with Gasteiger partial charge in [0, 0.05) is 17.8 Å². The number of nitrogens with one attached hydrogen (secondary N) is 1. The zero-order valence-electron chi connectivity index (χ0n) is 11.7. The Morgan fingerprint density at radius 1 is 1.37 bits per heavy atom. The zero-order chi connectivity index (χ0) is 14.0. The standard InChI is InChI=1S/C14H19ClN4/c1-5-19-11(4)14(10(3)18-19)9(2)16-13-8-6-7-12(15)17-13/h6-9H,5H2,1-4H3,(H,16,17). The summed E-state index contributed by atoms with van der Waals surface area (Å²) in [6.07, 6.45) is 0. The summed E-state index contributed by atoms with van der Waals surface area (Å²) in [5, 5.41) is 8.40. The fraction of sp³-hybridized carbons (Fsp3) is 0.429. The fourth-order valence-corrected chi connectivity index (χ4v) is 2.59. The molecule has 0 aliphatic heterocycles. The maximum atomic E-state index is 5.90. The predicted octanol–water partition coefficient (Wildman–Crippen LogP) is 3.74. The molecule has 0 amide bonds. The summed E-state index contributed by atoms with van der Waals surface area (Å²) in [6, 6.07) is 5.71. The van der Waals surface area contributed by atoms with Crippen molar-refractivity contribution in [3.63, 3.8) is 0 Å². The summed E-state index contributed by atoms with van der Waals surface area (Å²) in [6.45, 7) is 9.23. The quantitative estimate of drug-likeness (QED) is 0.867. The molecule has 2 aromatic heterocycles. The Balaban J connectivity index is 2.25. The van der Waals surface area contributed by atoms with Crippen molar-refractivity contribution in [2.24, 2.45) is 0 Å². The van der Waals surface area contributed by atoms with Crippen LogP contribution in [0.5, 0.6) is 0 Å². The Labute approximate surface area is 118 Å². The highest BCUT2D eigenvalue weighted by molar-refractivity contribution is 6.29. The smallest absolute Gasteiger partial charge is 0.131 e. The molecule has 2 heterocycles. The zero-order valence-corrected chi connectivity index (χ0v) is 12.5. The number of anilines is 1. The number of rotatable bonds is 4. The van der Waals surface area contributed by atoms with Crippen LogP contribution < -0.4 is 5.32 Å². The van der Waals surface area contributed by atoms with E-state index in [1.54, 1.807) is 6.07 Å². The summed E-state index contributed by atoms with van der Waals surface area (Å²) < 4.78 is 2.02. The van der Waals surface area contributed by atoms with E-state index in [4.69, 9.17) is 11.6 Å². The molecule has 0 aliphatic rings. The molecule has 19 heavy (non-hydrogen) atoms. The topological polar surface area (TPSA) is 42.7 Å². The third kappa shape index (κ3) is 2.89. The molecule has 0 saturated carbocycles. The highest BCUT2D eigenvalue weighted by Gasteiger charge is 2.17. The first-order chi connectivity index (χ1) is 9.02. The molecule has 4 nitrogen and oxygen atoms in total. The van der Waals surface area contributed by atoms with Crippen molar-refractivity contribution >= 4 is 17.4 Å². The molecule has 1 atom stereocenters. The highest BCUT2D eigenvalue weighted by atomic mass is 35.5. The van der Waals surface area contributed by atoms with Crippen molar-refractivity contribution in [3.05, 3.63) is 40.3 Å². The number of aryl methyl sites for hydroxylation is 2. The average molecular weight is 279 g/mol. The first-order valence-electron chi connectivity index (χ1n) is 6.46. The molecule has 0 fully saturated rings.